The molecule has 0 radical (unpaired) electrons. The molecule has 2 heterocycles. The van der Waals surface area contributed by atoms with Crippen LogP contribution in [0.15, 0.2) is 40.5 Å². The van der Waals surface area contributed by atoms with Crippen LogP contribution in [-0.4, -0.2) is 22.2 Å². The molecule has 0 fully saturated rings. The molecule has 0 atom stereocenters. The molecule has 0 aliphatic carbocycles. The number of halogens is 1. The van der Waals surface area contributed by atoms with Gasteiger partial charge in [0.1, 0.15) is 5.15 Å². The summed E-state index contributed by atoms with van der Waals surface area (Å²) in [4.78, 5) is 20.0. The topological polar surface area (TPSA) is 33.2 Å². The van der Waals surface area contributed by atoms with Crippen molar-refractivity contribution in [3.8, 4) is 0 Å². The first-order valence-corrected chi connectivity index (χ1v) is 9.05. The molecule has 0 saturated carbocycles. The van der Waals surface area contributed by atoms with Gasteiger partial charge >= 0.3 is 0 Å². The van der Waals surface area contributed by atoms with E-state index in [1.54, 1.807) is 36.2 Å². The van der Waals surface area contributed by atoms with Crippen molar-refractivity contribution in [2.45, 2.75) is 40.5 Å². The van der Waals surface area contributed by atoms with E-state index < -0.39 is 0 Å². The fraction of sp³-hybridized carbons (Fsp3) is 0.444. The third-order valence-electron chi connectivity index (χ3n) is 3.54. The van der Waals surface area contributed by atoms with Crippen LogP contribution in [0.2, 0.25) is 5.15 Å². The molecule has 3 nitrogen and oxygen atoms in total. The molecule has 124 valence electrons. The largest absolute Gasteiger partial charge is 0.342 e. The quantitative estimate of drug-likeness (QED) is 0.399. The van der Waals surface area contributed by atoms with Crippen molar-refractivity contribution in [2.75, 3.05) is 6.54 Å². The van der Waals surface area contributed by atoms with Crippen molar-refractivity contribution < 1.29 is 4.79 Å². The second-order valence-electron chi connectivity index (χ2n) is 6.58. The van der Waals surface area contributed by atoms with Crippen molar-refractivity contribution in [3.63, 3.8) is 0 Å². The normalized spacial score (nSPS) is 16.8. The highest BCUT2D eigenvalue weighted by Crippen LogP contribution is 2.45. The summed E-state index contributed by atoms with van der Waals surface area (Å²) in [5.74, 6) is -0.101. The Morgan fingerprint density at radius 1 is 1.43 bits per heavy atom. The van der Waals surface area contributed by atoms with E-state index in [4.69, 9.17) is 11.6 Å². The van der Waals surface area contributed by atoms with Crippen molar-refractivity contribution in [1.82, 2.24) is 9.88 Å². The molecule has 0 amide bonds. The summed E-state index contributed by atoms with van der Waals surface area (Å²) in [6.45, 7) is 9.65. The number of nitrogens with zero attached hydrogens (tertiary/aromatic N) is 2. The van der Waals surface area contributed by atoms with Gasteiger partial charge < -0.3 is 4.90 Å². The van der Waals surface area contributed by atoms with Crippen molar-refractivity contribution in [3.05, 3.63) is 51.3 Å². The first-order valence-electron chi connectivity index (χ1n) is 7.86. The van der Waals surface area contributed by atoms with Gasteiger partial charge in [-0.1, -0.05) is 57.5 Å². The molecule has 0 N–H and O–H groups in total. The third kappa shape index (κ3) is 4.61. The summed E-state index contributed by atoms with van der Waals surface area (Å²) < 4.78 is 0. The molecule has 0 unspecified atom stereocenters. The van der Waals surface area contributed by atoms with Gasteiger partial charge in [0.2, 0.25) is 0 Å². The molecule has 0 aromatic carbocycles. The van der Waals surface area contributed by atoms with E-state index in [-0.39, 0.29) is 16.4 Å². The number of pyridine rings is 1. The zero-order valence-corrected chi connectivity index (χ0v) is 15.7. The number of ketones is 1. The Balaban J connectivity index is 2.26. The Morgan fingerprint density at radius 2 is 2.17 bits per heavy atom. The minimum absolute atomic E-state index is 0.0692. The molecule has 1 aliphatic heterocycles. The van der Waals surface area contributed by atoms with Crippen LogP contribution >= 0.6 is 23.4 Å². The van der Waals surface area contributed by atoms with E-state index in [2.05, 4.69) is 43.8 Å². The van der Waals surface area contributed by atoms with Crippen LogP contribution in [-0.2, 0) is 0 Å². The van der Waals surface area contributed by atoms with Crippen LogP contribution in [0.1, 0.15) is 50.9 Å². The van der Waals surface area contributed by atoms with Crippen LogP contribution in [0.25, 0.3) is 0 Å². The summed E-state index contributed by atoms with van der Waals surface area (Å²) in [6, 6.07) is 3.44. The van der Waals surface area contributed by atoms with Crippen LogP contribution in [0.5, 0.6) is 0 Å². The summed E-state index contributed by atoms with van der Waals surface area (Å²) in [5, 5.41) is 1.22. The fourth-order valence-electron chi connectivity index (χ4n) is 2.12. The Hall–Kier alpha value is -1.26. The first kappa shape index (κ1) is 18.1. The number of carbonyl (C=O) groups is 1. The van der Waals surface area contributed by atoms with Gasteiger partial charge in [0.25, 0.3) is 0 Å². The number of rotatable bonds is 5. The monoisotopic (exact) mass is 350 g/mol. The highest BCUT2D eigenvalue weighted by Gasteiger charge is 2.28. The number of carbonyl (C=O) groups excluding carboxylic acids is 1. The molecular weight excluding hydrogens is 328 g/mol. The first-order chi connectivity index (χ1) is 10.8. The van der Waals surface area contributed by atoms with Gasteiger partial charge in [-0.15, -0.1) is 0 Å². The Morgan fingerprint density at radius 3 is 2.78 bits per heavy atom. The maximum atomic E-state index is 12.5. The number of hydrogen-bond donors (Lipinski definition) is 0. The number of aromatic nitrogens is 1. The maximum Gasteiger partial charge on any atom is 0.191 e. The Labute approximate surface area is 147 Å². The molecule has 1 aliphatic rings. The maximum absolute atomic E-state index is 12.5. The minimum atomic E-state index is -0.101. The SMILES string of the molecule is CCCCN1C=C(C(C)(C)C)SC1=CC(=O)c1cccnc1Cl. The summed E-state index contributed by atoms with van der Waals surface area (Å²) >= 11 is 7.70. The molecule has 0 spiro atoms. The van der Waals surface area contributed by atoms with Crippen molar-refractivity contribution in [2.24, 2.45) is 5.41 Å². The van der Waals surface area contributed by atoms with E-state index in [1.165, 1.54) is 4.91 Å². The van der Waals surface area contributed by atoms with Crippen LogP contribution in [0.3, 0.4) is 0 Å². The smallest absolute Gasteiger partial charge is 0.191 e. The Bertz CT molecular complexity index is 647. The number of allylic oxidation sites excluding steroid dienone is 2. The van der Waals surface area contributed by atoms with E-state index in [9.17, 15) is 4.79 Å². The second-order valence-corrected chi connectivity index (χ2v) is 8.00. The summed E-state index contributed by atoms with van der Waals surface area (Å²) in [7, 11) is 0. The molecular formula is C18H23ClN2OS. The van der Waals surface area contributed by atoms with Gasteiger partial charge in [-0.05, 0) is 24.0 Å². The lowest BCUT2D eigenvalue weighted by Gasteiger charge is -2.17. The lowest BCUT2D eigenvalue weighted by Crippen LogP contribution is -2.14. The zero-order valence-electron chi connectivity index (χ0n) is 14.1. The second kappa shape index (κ2) is 7.54. The minimum Gasteiger partial charge on any atom is -0.342 e. The molecule has 1 aromatic heterocycles. The highest BCUT2D eigenvalue weighted by atomic mass is 35.5. The Kier molecular flexibility index (Phi) is 5.93. The molecule has 0 saturated heterocycles. The fourth-order valence-corrected chi connectivity index (χ4v) is 3.48. The lowest BCUT2D eigenvalue weighted by molar-refractivity contribution is 0.104. The average molecular weight is 351 g/mol. The van der Waals surface area contributed by atoms with Crippen molar-refractivity contribution >= 4 is 29.1 Å². The predicted molar refractivity (Wildman–Crippen MR) is 98.4 cm³/mol. The van der Waals surface area contributed by atoms with E-state index in [0.29, 0.717) is 5.56 Å². The number of unbranched alkanes of at least 4 members (excludes halogenated alkanes) is 1. The van der Waals surface area contributed by atoms with Gasteiger partial charge in [0, 0.05) is 29.9 Å². The van der Waals surface area contributed by atoms with E-state index in [0.717, 1.165) is 24.4 Å². The average Bonchev–Trinajstić information content (AvgIpc) is 2.88. The number of hydrogen-bond acceptors (Lipinski definition) is 4. The lowest BCUT2D eigenvalue weighted by atomic mass is 9.96. The van der Waals surface area contributed by atoms with Gasteiger partial charge in [-0.2, -0.15) is 0 Å². The van der Waals surface area contributed by atoms with Crippen LogP contribution < -0.4 is 0 Å². The molecule has 0 bridgehead atoms. The molecule has 23 heavy (non-hydrogen) atoms. The van der Waals surface area contributed by atoms with Gasteiger partial charge in [-0.3, -0.25) is 4.79 Å². The van der Waals surface area contributed by atoms with Crippen LogP contribution in [0, 0.1) is 5.41 Å². The standard InChI is InChI=1S/C18H23ClN2OS/c1-5-6-10-21-12-15(18(2,3)4)23-16(21)11-14(22)13-8-7-9-20-17(13)19/h7-9,11-12H,5-6,10H2,1-4H3. The van der Waals surface area contributed by atoms with Crippen molar-refractivity contribution in [1.29, 1.82) is 0 Å². The highest BCUT2D eigenvalue weighted by molar-refractivity contribution is 8.07. The van der Waals surface area contributed by atoms with E-state index >= 15 is 0 Å². The molecule has 5 heteroatoms. The molecule has 2 rings (SSSR count). The van der Waals surface area contributed by atoms with Gasteiger partial charge in [-0.25, -0.2) is 4.98 Å². The third-order valence-corrected chi connectivity index (χ3v) is 5.34. The zero-order chi connectivity index (χ0) is 17.0. The van der Waals surface area contributed by atoms with Gasteiger partial charge in [0.05, 0.1) is 10.6 Å². The van der Waals surface area contributed by atoms with Gasteiger partial charge in [0.15, 0.2) is 5.78 Å². The van der Waals surface area contributed by atoms with Crippen LogP contribution in [0.4, 0.5) is 0 Å². The number of thioether (sulfide) groups is 1. The van der Waals surface area contributed by atoms with E-state index in [1.807, 2.05) is 0 Å². The molecule has 1 aromatic rings. The predicted octanol–water partition coefficient (Wildman–Crippen LogP) is 5.50. The summed E-state index contributed by atoms with van der Waals surface area (Å²) in [5.41, 5.74) is 0.515. The summed E-state index contributed by atoms with van der Waals surface area (Å²) in [6.07, 6.45) is 7.65.